The van der Waals surface area contributed by atoms with Crippen LogP contribution in [0.1, 0.15) is 25.7 Å². The quantitative estimate of drug-likeness (QED) is 0.699. The van der Waals surface area contributed by atoms with Gasteiger partial charge in [0.1, 0.15) is 0 Å². The van der Waals surface area contributed by atoms with Crippen molar-refractivity contribution in [2.45, 2.75) is 25.2 Å². The second kappa shape index (κ2) is 1.81. The topological polar surface area (TPSA) is 38.9 Å². The van der Waals surface area contributed by atoms with Gasteiger partial charge in [0.05, 0.1) is 0 Å². The van der Waals surface area contributed by atoms with Crippen LogP contribution in [0, 0.1) is 0 Å². The standard InChI is InChI=1S/C6H7BrN2O/c1-6(2-3-6)4-8-9-5(7)10-4/h2-3H2,1H3. The van der Waals surface area contributed by atoms with Crippen molar-refractivity contribution >= 4 is 15.9 Å². The minimum Gasteiger partial charge on any atom is -0.415 e. The molecule has 0 unspecified atom stereocenters. The van der Waals surface area contributed by atoms with Gasteiger partial charge in [-0.2, -0.15) is 0 Å². The van der Waals surface area contributed by atoms with E-state index in [1.165, 1.54) is 12.8 Å². The molecule has 1 aliphatic rings. The molecule has 0 bridgehead atoms. The van der Waals surface area contributed by atoms with E-state index in [0.29, 0.717) is 4.80 Å². The van der Waals surface area contributed by atoms with Crippen LogP contribution in [0.5, 0.6) is 0 Å². The third-order valence-electron chi connectivity index (χ3n) is 1.92. The number of hydrogen-bond donors (Lipinski definition) is 0. The molecule has 1 heterocycles. The molecule has 1 aromatic heterocycles. The lowest BCUT2D eigenvalue weighted by Crippen LogP contribution is -1.99. The highest BCUT2D eigenvalue weighted by Gasteiger charge is 2.44. The van der Waals surface area contributed by atoms with Crippen molar-refractivity contribution in [1.82, 2.24) is 10.2 Å². The van der Waals surface area contributed by atoms with E-state index < -0.39 is 0 Å². The molecule has 3 nitrogen and oxygen atoms in total. The summed E-state index contributed by atoms with van der Waals surface area (Å²) >= 11 is 3.11. The van der Waals surface area contributed by atoms with Crippen molar-refractivity contribution in [2.24, 2.45) is 0 Å². The Bertz CT molecular complexity index is 254. The summed E-state index contributed by atoms with van der Waals surface area (Å²) in [6, 6.07) is 0. The van der Waals surface area contributed by atoms with Gasteiger partial charge in [-0.1, -0.05) is 6.92 Å². The molecular formula is C6H7BrN2O. The highest BCUT2D eigenvalue weighted by atomic mass is 79.9. The molecule has 1 aliphatic carbocycles. The van der Waals surface area contributed by atoms with E-state index in [2.05, 4.69) is 33.1 Å². The summed E-state index contributed by atoms with van der Waals surface area (Å²) < 4.78 is 5.20. The second-order valence-electron chi connectivity index (χ2n) is 2.92. The number of rotatable bonds is 1. The van der Waals surface area contributed by atoms with Crippen LogP contribution in [0.2, 0.25) is 0 Å². The summed E-state index contributed by atoms with van der Waals surface area (Å²) in [5.74, 6) is 0.763. The average molecular weight is 203 g/mol. The predicted octanol–water partition coefficient (Wildman–Crippen LogP) is 1.88. The first-order chi connectivity index (χ1) is 4.71. The molecular weight excluding hydrogens is 196 g/mol. The van der Waals surface area contributed by atoms with Crippen LogP contribution in [-0.4, -0.2) is 10.2 Å². The molecule has 54 valence electrons. The van der Waals surface area contributed by atoms with Gasteiger partial charge in [-0.15, -0.1) is 10.2 Å². The van der Waals surface area contributed by atoms with Crippen LogP contribution >= 0.6 is 15.9 Å². The van der Waals surface area contributed by atoms with Crippen molar-refractivity contribution in [3.63, 3.8) is 0 Å². The largest absolute Gasteiger partial charge is 0.415 e. The van der Waals surface area contributed by atoms with E-state index in [1.54, 1.807) is 0 Å². The van der Waals surface area contributed by atoms with E-state index in [-0.39, 0.29) is 5.41 Å². The van der Waals surface area contributed by atoms with Crippen LogP contribution in [-0.2, 0) is 5.41 Å². The van der Waals surface area contributed by atoms with Gasteiger partial charge in [-0.3, -0.25) is 0 Å². The molecule has 0 N–H and O–H groups in total. The third kappa shape index (κ3) is 0.868. The Kier molecular flexibility index (Phi) is 1.15. The maximum absolute atomic E-state index is 5.20. The lowest BCUT2D eigenvalue weighted by molar-refractivity contribution is 0.432. The summed E-state index contributed by atoms with van der Waals surface area (Å²) in [4.78, 5) is 0.482. The van der Waals surface area contributed by atoms with Crippen LogP contribution in [0.25, 0.3) is 0 Å². The summed E-state index contributed by atoms with van der Waals surface area (Å²) in [6.45, 7) is 2.13. The zero-order valence-corrected chi connectivity index (χ0v) is 7.18. The Hall–Kier alpha value is -0.380. The maximum atomic E-state index is 5.20. The van der Waals surface area contributed by atoms with Crippen LogP contribution in [0.4, 0.5) is 0 Å². The van der Waals surface area contributed by atoms with Crippen LogP contribution < -0.4 is 0 Å². The molecule has 0 aromatic carbocycles. The minimum atomic E-state index is 0.193. The Balaban J connectivity index is 2.34. The van der Waals surface area contributed by atoms with Gasteiger partial charge >= 0.3 is 0 Å². The number of aromatic nitrogens is 2. The van der Waals surface area contributed by atoms with E-state index >= 15 is 0 Å². The fourth-order valence-corrected chi connectivity index (χ4v) is 1.08. The monoisotopic (exact) mass is 202 g/mol. The van der Waals surface area contributed by atoms with Gasteiger partial charge in [-0.25, -0.2) is 0 Å². The maximum Gasteiger partial charge on any atom is 0.284 e. The molecule has 10 heavy (non-hydrogen) atoms. The fraction of sp³-hybridized carbons (Fsp3) is 0.667. The number of halogens is 1. The first kappa shape index (κ1) is 6.34. The second-order valence-corrected chi connectivity index (χ2v) is 3.60. The Morgan fingerprint density at radius 1 is 1.50 bits per heavy atom. The molecule has 2 rings (SSSR count). The lowest BCUT2D eigenvalue weighted by Gasteiger charge is -1.96. The predicted molar refractivity (Wildman–Crippen MR) is 38.6 cm³/mol. The van der Waals surface area contributed by atoms with E-state index in [1.807, 2.05) is 0 Å². The molecule has 1 saturated carbocycles. The Morgan fingerprint density at radius 2 is 2.20 bits per heavy atom. The minimum absolute atomic E-state index is 0.193. The molecule has 0 radical (unpaired) electrons. The van der Waals surface area contributed by atoms with E-state index in [4.69, 9.17) is 4.42 Å². The Labute approximate surface area is 67.0 Å². The van der Waals surface area contributed by atoms with Crippen LogP contribution in [0.15, 0.2) is 9.22 Å². The highest BCUT2D eigenvalue weighted by molar-refractivity contribution is 9.10. The fourth-order valence-electron chi connectivity index (χ4n) is 0.851. The van der Waals surface area contributed by atoms with E-state index in [9.17, 15) is 0 Å². The number of nitrogens with zero attached hydrogens (tertiary/aromatic N) is 2. The SMILES string of the molecule is CC1(c2nnc(Br)o2)CC1. The molecule has 0 saturated heterocycles. The van der Waals surface area contributed by atoms with Crippen molar-refractivity contribution in [1.29, 1.82) is 0 Å². The first-order valence-corrected chi connectivity index (χ1v) is 3.99. The van der Waals surface area contributed by atoms with Crippen molar-refractivity contribution in [2.75, 3.05) is 0 Å². The van der Waals surface area contributed by atoms with Crippen LogP contribution in [0.3, 0.4) is 0 Å². The van der Waals surface area contributed by atoms with Gasteiger partial charge in [0.15, 0.2) is 0 Å². The molecule has 0 atom stereocenters. The molecule has 1 aromatic rings. The summed E-state index contributed by atoms with van der Waals surface area (Å²) in [5, 5.41) is 7.61. The third-order valence-corrected chi connectivity index (χ3v) is 2.24. The Morgan fingerprint density at radius 3 is 2.60 bits per heavy atom. The van der Waals surface area contributed by atoms with Crippen molar-refractivity contribution in [3.05, 3.63) is 10.7 Å². The smallest absolute Gasteiger partial charge is 0.284 e. The van der Waals surface area contributed by atoms with Gasteiger partial charge in [-0.05, 0) is 12.8 Å². The molecule has 0 aliphatic heterocycles. The van der Waals surface area contributed by atoms with Crippen molar-refractivity contribution in [3.8, 4) is 0 Å². The van der Waals surface area contributed by atoms with Gasteiger partial charge in [0, 0.05) is 21.3 Å². The molecule has 4 heteroatoms. The number of hydrogen-bond acceptors (Lipinski definition) is 3. The summed E-state index contributed by atoms with van der Waals surface area (Å²) in [5.41, 5.74) is 0.193. The van der Waals surface area contributed by atoms with Gasteiger partial charge in [0.2, 0.25) is 5.89 Å². The van der Waals surface area contributed by atoms with E-state index in [0.717, 1.165) is 5.89 Å². The lowest BCUT2D eigenvalue weighted by atomic mass is 10.1. The van der Waals surface area contributed by atoms with Crippen molar-refractivity contribution < 1.29 is 4.42 Å². The average Bonchev–Trinajstić information content (AvgIpc) is 2.45. The zero-order valence-electron chi connectivity index (χ0n) is 5.59. The zero-order chi connectivity index (χ0) is 7.19. The summed E-state index contributed by atoms with van der Waals surface area (Å²) in [6.07, 6.45) is 2.34. The highest BCUT2D eigenvalue weighted by Crippen LogP contribution is 2.46. The molecule has 0 spiro atoms. The molecule has 1 fully saturated rings. The molecule has 0 amide bonds. The van der Waals surface area contributed by atoms with Gasteiger partial charge < -0.3 is 4.42 Å². The first-order valence-electron chi connectivity index (χ1n) is 3.20. The van der Waals surface area contributed by atoms with Gasteiger partial charge in [0.25, 0.3) is 4.80 Å². The summed E-state index contributed by atoms with van der Waals surface area (Å²) in [7, 11) is 0. The normalized spacial score (nSPS) is 21.0.